The lowest BCUT2D eigenvalue weighted by Gasteiger charge is -2.21. The quantitative estimate of drug-likeness (QED) is 0.834. The van der Waals surface area contributed by atoms with Gasteiger partial charge in [0.15, 0.2) is 11.5 Å². The van der Waals surface area contributed by atoms with Crippen molar-refractivity contribution in [2.75, 3.05) is 24.8 Å². The van der Waals surface area contributed by atoms with Crippen molar-refractivity contribution in [3.63, 3.8) is 0 Å². The molecule has 1 heterocycles. The number of aryl methyl sites for hydroxylation is 2. The topological polar surface area (TPSA) is 47.6 Å². The Balaban J connectivity index is 1.60. The molecule has 130 valence electrons. The molecule has 4 rings (SSSR count). The Labute approximate surface area is 151 Å². The molecule has 0 aromatic heterocycles. The molecule has 2 aromatic rings. The molecule has 0 radical (unpaired) electrons. The summed E-state index contributed by atoms with van der Waals surface area (Å²) in [6.07, 6.45) is 6.62. The first-order chi connectivity index (χ1) is 12.2. The summed E-state index contributed by atoms with van der Waals surface area (Å²) >= 11 is 1.58. The van der Waals surface area contributed by atoms with Crippen LogP contribution in [0.3, 0.4) is 0 Å². The van der Waals surface area contributed by atoms with E-state index in [0.29, 0.717) is 24.5 Å². The van der Waals surface area contributed by atoms with E-state index in [-0.39, 0.29) is 5.91 Å². The van der Waals surface area contributed by atoms with Gasteiger partial charge in [0.2, 0.25) is 0 Å². The molecule has 0 saturated carbocycles. The standard InChI is InChI=1S/C20H21NO3S/c1-25-19-12-18-17(23-8-9-24-18)11-16(19)21-20(22)15-7-6-13-4-2-3-5-14(13)10-15/h6-7,10-12H,2-5,8-9H2,1H3,(H,21,22). The first kappa shape index (κ1) is 16.3. The minimum atomic E-state index is -0.0830. The van der Waals surface area contributed by atoms with E-state index in [1.807, 2.05) is 30.5 Å². The Bertz CT molecular complexity index is 819. The van der Waals surface area contributed by atoms with E-state index in [1.165, 1.54) is 24.0 Å². The number of ether oxygens (including phenoxy) is 2. The SMILES string of the molecule is CSc1cc2c(cc1NC(=O)c1ccc3c(c1)CCCC3)OCCO2. The van der Waals surface area contributed by atoms with Gasteiger partial charge in [-0.05, 0) is 61.3 Å². The van der Waals surface area contributed by atoms with Gasteiger partial charge in [0.1, 0.15) is 13.2 Å². The van der Waals surface area contributed by atoms with E-state index in [2.05, 4.69) is 11.4 Å². The van der Waals surface area contributed by atoms with E-state index in [0.717, 1.165) is 29.2 Å². The second-order valence-corrected chi connectivity index (χ2v) is 7.19. The van der Waals surface area contributed by atoms with Crippen molar-refractivity contribution in [3.05, 3.63) is 47.0 Å². The smallest absolute Gasteiger partial charge is 0.255 e. The van der Waals surface area contributed by atoms with Crippen molar-refractivity contribution in [2.24, 2.45) is 0 Å². The van der Waals surface area contributed by atoms with Crippen LogP contribution in [0.25, 0.3) is 0 Å². The molecule has 25 heavy (non-hydrogen) atoms. The summed E-state index contributed by atoms with van der Waals surface area (Å²) in [5, 5.41) is 3.04. The highest BCUT2D eigenvalue weighted by molar-refractivity contribution is 7.98. The summed E-state index contributed by atoms with van der Waals surface area (Å²) in [4.78, 5) is 13.7. The number of anilines is 1. The zero-order valence-electron chi connectivity index (χ0n) is 14.3. The molecule has 2 aromatic carbocycles. The maximum absolute atomic E-state index is 12.7. The highest BCUT2D eigenvalue weighted by Crippen LogP contribution is 2.39. The predicted molar refractivity (Wildman–Crippen MR) is 100 cm³/mol. The number of carbonyl (C=O) groups is 1. The summed E-state index contributed by atoms with van der Waals surface area (Å²) in [5.41, 5.74) is 4.17. The average molecular weight is 355 g/mol. The van der Waals surface area contributed by atoms with Crippen LogP contribution in [0.1, 0.15) is 34.3 Å². The molecular formula is C20H21NO3S. The summed E-state index contributed by atoms with van der Waals surface area (Å²) < 4.78 is 11.3. The van der Waals surface area contributed by atoms with E-state index in [4.69, 9.17) is 9.47 Å². The summed E-state index contributed by atoms with van der Waals surface area (Å²) in [5.74, 6) is 1.34. The molecule has 0 unspecified atom stereocenters. The Kier molecular flexibility index (Phi) is 4.57. The Hall–Kier alpha value is -2.14. The zero-order valence-corrected chi connectivity index (χ0v) is 15.1. The van der Waals surface area contributed by atoms with Crippen LogP contribution in [0.4, 0.5) is 5.69 Å². The van der Waals surface area contributed by atoms with E-state index in [1.54, 1.807) is 11.8 Å². The van der Waals surface area contributed by atoms with Crippen LogP contribution in [0.2, 0.25) is 0 Å². The third-order valence-corrected chi connectivity index (χ3v) is 5.50. The molecule has 1 amide bonds. The number of hydrogen-bond acceptors (Lipinski definition) is 4. The minimum absolute atomic E-state index is 0.0830. The second kappa shape index (κ2) is 7.00. The van der Waals surface area contributed by atoms with Crippen molar-refractivity contribution in [3.8, 4) is 11.5 Å². The van der Waals surface area contributed by atoms with Gasteiger partial charge in [-0.1, -0.05) is 6.07 Å². The fourth-order valence-corrected chi connectivity index (χ4v) is 3.96. The van der Waals surface area contributed by atoms with E-state index >= 15 is 0 Å². The van der Waals surface area contributed by atoms with Crippen molar-refractivity contribution in [2.45, 2.75) is 30.6 Å². The fraction of sp³-hybridized carbons (Fsp3) is 0.350. The van der Waals surface area contributed by atoms with Crippen LogP contribution in [0.15, 0.2) is 35.2 Å². The van der Waals surface area contributed by atoms with Gasteiger partial charge in [-0.2, -0.15) is 0 Å². The maximum atomic E-state index is 12.7. The number of hydrogen-bond donors (Lipinski definition) is 1. The lowest BCUT2D eigenvalue weighted by molar-refractivity contribution is 0.102. The number of rotatable bonds is 3. The highest BCUT2D eigenvalue weighted by atomic mass is 32.2. The van der Waals surface area contributed by atoms with Gasteiger partial charge < -0.3 is 14.8 Å². The third-order valence-electron chi connectivity index (χ3n) is 4.72. The van der Waals surface area contributed by atoms with Gasteiger partial charge in [-0.3, -0.25) is 4.79 Å². The van der Waals surface area contributed by atoms with Crippen LogP contribution in [0.5, 0.6) is 11.5 Å². The number of thioether (sulfide) groups is 1. The number of carbonyl (C=O) groups excluding carboxylic acids is 1. The minimum Gasteiger partial charge on any atom is -0.486 e. The van der Waals surface area contributed by atoms with Gasteiger partial charge in [-0.25, -0.2) is 0 Å². The van der Waals surface area contributed by atoms with Gasteiger partial charge in [0, 0.05) is 16.5 Å². The van der Waals surface area contributed by atoms with Gasteiger partial charge in [0.05, 0.1) is 5.69 Å². The molecule has 2 aliphatic rings. The summed E-state index contributed by atoms with van der Waals surface area (Å²) in [7, 11) is 0. The van der Waals surface area contributed by atoms with Crippen LogP contribution in [0, 0.1) is 0 Å². The third kappa shape index (κ3) is 3.33. The molecule has 5 heteroatoms. The Morgan fingerprint density at radius 3 is 2.48 bits per heavy atom. The Morgan fingerprint density at radius 1 is 1.00 bits per heavy atom. The van der Waals surface area contributed by atoms with Crippen molar-refractivity contribution < 1.29 is 14.3 Å². The molecule has 1 aliphatic heterocycles. The van der Waals surface area contributed by atoms with Crippen LogP contribution < -0.4 is 14.8 Å². The molecule has 0 fully saturated rings. The molecule has 0 saturated heterocycles. The van der Waals surface area contributed by atoms with Crippen molar-refractivity contribution in [1.82, 2.24) is 0 Å². The largest absolute Gasteiger partial charge is 0.486 e. The molecule has 4 nitrogen and oxygen atoms in total. The summed E-state index contributed by atoms with van der Waals surface area (Å²) in [6.45, 7) is 1.09. The molecule has 1 N–H and O–H groups in total. The molecule has 0 bridgehead atoms. The van der Waals surface area contributed by atoms with Crippen LogP contribution >= 0.6 is 11.8 Å². The van der Waals surface area contributed by atoms with Gasteiger partial charge in [-0.15, -0.1) is 11.8 Å². The summed E-state index contributed by atoms with van der Waals surface area (Å²) in [6, 6.07) is 9.86. The monoisotopic (exact) mass is 355 g/mol. The number of fused-ring (bicyclic) bond motifs is 2. The van der Waals surface area contributed by atoms with Gasteiger partial charge >= 0.3 is 0 Å². The van der Waals surface area contributed by atoms with E-state index in [9.17, 15) is 4.79 Å². The normalized spacial score (nSPS) is 15.4. The van der Waals surface area contributed by atoms with Crippen LogP contribution in [-0.2, 0) is 12.8 Å². The van der Waals surface area contributed by atoms with Gasteiger partial charge in [0.25, 0.3) is 5.91 Å². The first-order valence-corrected chi connectivity index (χ1v) is 9.88. The maximum Gasteiger partial charge on any atom is 0.255 e. The van der Waals surface area contributed by atoms with Crippen molar-refractivity contribution in [1.29, 1.82) is 0 Å². The number of nitrogens with one attached hydrogen (secondary N) is 1. The lowest BCUT2D eigenvalue weighted by atomic mass is 9.90. The highest BCUT2D eigenvalue weighted by Gasteiger charge is 2.18. The lowest BCUT2D eigenvalue weighted by Crippen LogP contribution is -2.17. The molecule has 0 atom stereocenters. The predicted octanol–water partition coefficient (Wildman–Crippen LogP) is 4.31. The molecular weight excluding hydrogens is 334 g/mol. The Morgan fingerprint density at radius 2 is 1.72 bits per heavy atom. The number of benzene rings is 2. The second-order valence-electron chi connectivity index (χ2n) is 6.34. The molecule has 0 spiro atoms. The van der Waals surface area contributed by atoms with Crippen LogP contribution in [-0.4, -0.2) is 25.4 Å². The number of amides is 1. The first-order valence-electron chi connectivity index (χ1n) is 8.65. The zero-order chi connectivity index (χ0) is 17.2. The molecule has 1 aliphatic carbocycles. The average Bonchev–Trinajstić information content (AvgIpc) is 2.67. The van der Waals surface area contributed by atoms with E-state index < -0.39 is 0 Å². The van der Waals surface area contributed by atoms with Crippen molar-refractivity contribution >= 4 is 23.4 Å². The fourth-order valence-electron chi connectivity index (χ4n) is 3.41.